The van der Waals surface area contributed by atoms with Crippen LogP contribution in [0.15, 0.2) is 57.7 Å². The highest BCUT2D eigenvalue weighted by molar-refractivity contribution is 6.42. The monoisotopic (exact) mass is 361 g/mol. The predicted molar refractivity (Wildman–Crippen MR) is 96.4 cm³/mol. The molecule has 0 amide bonds. The molecule has 0 aliphatic carbocycles. The minimum Gasteiger partial charge on any atom is -0.422 e. The second-order valence-electron chi connectivity index (χ2n) is 5.21. The first-order chi connectivity index (χ1) is 11.5. The number of ketones is 1. The molecule has 0 saturated heterocycles. The van der Waals surface area contributed by atoms with E-state index in [1.165, 1.54) is 0 Å². The first-order valence-electron chi connectivity index (χ1n) is 7.29. The summed E-state index contributed by atoms with van der Waals surface area (Å²) < 4.78 is 5.18. The number of carbonyl (C=O) groups excluding carboxylic acids is 1. The van der Waals surface area contributed by atoms with E-state index in [2.05, 4.69) is 5.32 Å². The summed E-state index contributed by atoms with van der Waals surface area (Å²) >= 11 is 11.8. The smallest absolute Gasteiger partial charge is 0.347 e. The minimum absolute atomic E-state index is 0.0599. The van der Waals surface area contributed by atoms with Gasteiger partial charge in [-0.1, -0.05) is 41.4 Å². The minimum atomic E-state index is -0.617. The summed E-state index contributed by atoms with van der Waals surface area (Å²) in [5.41, 5.74) is 0.661. The molecule has 0 bridgehead atoms. The van der Waals surface area contributed by atoms with E-state index in [-0.39, 0.29) is 17.8 Å². The van der Waals surface area contributed by atoms with Crippen molar-refractivity contribution in [3.8, 4) is 0 Å². The molecule has 0 atom stereocenters. The molecule has 0 unspecified atom stereocenters. The number of hydrogen-bond acceptors (Lipinski definition) is 4. The largest absolute Gasteiger partial charge is 0.422 e. The molecular formula is C18H13Cl2NO3. The molecule has 1 N–H and O–H groups in total. The van der Waals surface area contributed by atoms with E-state index < -0.39 is 5.63 Å². The lowest BCUT2D eigenvalue weighted by atomic mass is 10.1. The van der Waals surface area contributed by atoms with Gasteiger partial charge in [-0.2, -0.15) is 0 Å². The van der Waals surface area contributed by atoms with E-state index >= 15 is 0 Å². The van der Waals surface area contributed by atoms with Crippen LogP contribution in [0.25, 0.3) is 11.0 Å². The van der Waals surface area contributed by atoms with Gasteiger partial charge >= 0.3 is 5.63 Å². The number of anilines is 1. The molecule has 24 heavy (non-hydrogen) atoms. The molecule has 3 aromatic rings. The van der Waals surface area contributed by atoms with E-state index in [1.807, 2.05) is 6.07 Å². The first kappa shape index (κ1) is 16.6. The SMILES string of the molecule is O=C(CCNc1ccc(Cl)c(Cl)c1)c1cc2ccccc2oc1=O. The molecule has 0 aliphatic rings. The van der Waals surface area contributed by atoms with Crippen LogP contribution in [-0.2, 0) is 0 Å². The highest BCUT2D eigenvalue weighted by Crippen LogP contribution is 2.25. The predicted octanol–water partition coefficient (Wildman–Crippen LogP) is 4.78. The van der Waals surface area contributed by atoms with Crippen LogP contribution in [0.2, 0.25) is 10.0 Å². The van der Waals surface area contributed by atoms with Crippen molar-refractivity contribution in [3.05, 3.63) is 74.6 Å². The zero-order valence-corrected chi connectivity index (χ0v) is 14.0. The van der Waals surface area contributed by atoms with Crippen LogP contribution in [0.5, 0.6) is 0 Å². The second kappa shape index (κ2) is 7.07. The molecule has 6 heteroatoms. The Kier molecular flexibility index (Phi) is 4.88. The molecule has 1 heterocycles. The van der Waals surface area contributed by atoms with Crippen molar-refractivity contribution in [3.63, 3.8) is 0 Å². The van der Waals surface area contributed by atoms with Gasteiger partial charge in [0, 0.05) is 24.0 Å². The first-order valence-corrected chi connectivity index (χ1v) is 8.05. The number of halogens is 2. The topological polar surface area (TPSA) is 59.3 Å². The van der Waals surface area contributed by atoms with E-state index in [9.17, 15) is 9.59 Å². The van der Waals surface area contributed by atoms with E-state index in [4.69, 9.17) is 27.6 Å². The number of para-hydroxylation sites is 1. The number of nitrogens with one attached hydrogen (secondary N) is 1. The number of hydrogen-bond donors (Lipinski definition) is 1. The van der Waals surface area contributed by atoms with Crippen molar-refractivity contribution >= 4 is 45.6 Å². The van der Waals surface area contributed by atoms with Crippen LogP contribution in [0.4, 0.5) is 5.69 Å². The van der Waals surface area contributed by atoms with Gasteiger partial charge in [0.25, 0.3) is 0 Å². The Morgan fingerprint density at radius 1 is 1.04 bits per heavy atom. The maximum atomic E-state index is 12.3. The number of fused-ring (bicyclic) bond motifs is 1. The number of benzene rings is 2. The lowest BCUT2D eigenvalue weighted by Gasteiger charge is -2.07. The standard InChI is InChI=1S/C18H13Cl2NO3/c19-14-6-5-12(10-15(14)20)21-8-7-16(22)13-9-11-3-1-2-4-17(11)24-18(13)23/h1-6,9-10,21H,7-8H2. The van der Waals surface area contributed by atoms with Gasteiger partial charge in [0.05, 0.1) is 10.0 Å². The molecule has 2 aromatic carbocycles. The van der Waals surface area contributed by atoms with Gasteiger partial charge in [0.1, 0.15) is 11.1 Å². The third kappa shape index (κ3) is 3.61. The molecule has 0 aliphatic heterocycles. The summed E-state index contributed by atoms with van der Waals surface area (Å²) in [5.74, 6) is -0.276. The van der Waals surface area contributed by atoms with Gasteiger partial charge in [-0.05, 0) is 30.3 Å². The van der Waals surface area contributed by atoms with Gasteiger partial charge in [-0.25, -0.2) is 4.79 Å². The van der Waals surface area contributed by atoms with E-state index in [0.717, 1.165) is 11.1 Å². The average molecular weight is 362 g/mol. The fraction of sp³-hybridized carbons (Fsp3) is 0.111. The summed E-state index contributed by atoms with van der Waals surface area (Å²) in [4.78, 5) is 24.2. The van der Waals surface area contributed by atoms with Crippen molar-refractivity contribution in [2.75, 3.05) is 11.9 Å². The number of carbonyl (C=O) groups is 1. The van der Waals surface area contributed by atoms with Crippen molar-refractivity contribution in [2.24, 2.45) is 0 Å². The van der Waals surface area contributed by atoms with Crippen LogP contribution >= 0.6 is 23.2 Å². The van der Waals surface area contributed by atoms with Gasteiger partial charge in [-0.15, -0.1) is 0 Å². The van der Waals surface area contributed by atoms with Gasteiger partial charge in [-0.3, -0.25) is 4.79 Å². The molecule has 0 radical (unpaired) electrons. The second-order valence-corrected chi connectivity index (χ2v) is 6.03. The van der Waals surface area contributed by atoms with Crippen LogP contribution in [0.1, 0.15) is 16.8 Å². The summed E-state index contributed by atoms with van der Waals surface area (Å²) in [5, 5.41) is 4.69. The Morgan fingerprint density at radius 2 is 1.83 bits per heavy atom. The molecule has 3 rings (SSSR count). The van der Waals surface area contributed by atoms with Crippen molar-refractivity contribution in [1.29, 1.82) is 0 Å². The fourth-order valence-electron chi connectivity index (χ4n) is 2.32. The normalized spacial score (nSPS) is 10.8. The maximum Gasteiger partial charge on any atom is 0.347 e. The Bertz CT molecular complexity index is 966. The zero-order valence-electron chi connectivity index (χ0n) is 12.5. The summed E-state index contributed by atoms with van der Waals surface area (Å²) in [6, 6.07) is 13.8. The van der Waals surface area contributed by atoms with Gasteiger partial charge in [0.2, 0.25) is 0 Å². The Hall–Kier alpha value is -2.30. The molecule has 0 saturated carbocycles. The Labute approximate surface area is 148 Å². The maximum absolute atomic E-state index is 12.3. The van der Waals surface area contributed by atoms with E-state index in [0.29, 0.717) is 22.2 Å². The average Bonchev–Trinajstić information content (AvgIpc) is 2.57. The summed E-state index contributed by atoms with van der Waals surface area (Å²) in [6.45, 7) is 0.364. The summed E-state index contributed by atoms with van der Waals surface area (Å²) in [7, 11) is 0. The fourth-order valence-corrected chi connectivity index (χ4v) is 2.62. The van der Waals surface area contributed by atoms with Gasteiger partial charge < -0.3 is 9.73 Å². The molecule has 122 valence electrons. The quantitative estimate of drug-likeness (QED) is 0.524. The molecule has 1 aromatic heterocycles. The molecule has 0 spiro atoms. The number of rotatable bonds is 5. The van der Waals surface area contributed by atoms with Crippen LogP contribution in [-0.4, -0.2) is 12.3 Å². The lowest BCUT2D eigenvalue weighted by Crippen LogP contribution is -2.16. The third-order valence-electron chi connectivity index (χ3n) is 3.54. The Balaban J connectivity index is 1.70. The third-order valence-corrected chi connectivity index (χ3v) is 4.28. The number of Topliss-reactive ketones (excluding diaryl/α,β-unsaturated/α-hetero) is 1. The van der Waals surface area contributed by atoms with Crippen molar-refractivity contribution in [1.82, 2.24) is 0 Å². The van der Waals surface area contributed by atoms with E-state index in [1.54, 1.807) is 42.5 Å². The van der Waals surface area contributed by atoms with Crippen molar-refractivity contribution in [2.45, 2.75) is 6.42 Å². The lowest BCUT2D eigenvalue weighted by molar-refractivity contribution is 0.0983. The highest BCUT2D eigenvalue weighted by Gasteiger charge is 2.13. The van der Waals surface area contributed by atoms with Gasteiger partial charge in [0.15, 0.2) is 5.78 Å². The molecule has 0 fully saturated rings. The molecular weight excluding hydrogens is 349 g/mol. The Morgan fingerprint density at radius 3 is 2.62 bits per heavy atom. The van der Waals surface area contributed by atoms with Crippen LogP contribution in [0, 0.1) is 0 Å². The van der Waals surface area contributed by atoms with Crippen LogP contribution in [0.3, 0.4) is 0 Å². The van der Waals surface area contributed by atoms with Crippen molar-refractivity contribution < 1.29 is 9.21 Å². The van der Waals surface area contributed by atoms with Crippen LogP contribution < -0.4 is 10.9 Å². The zero-order chi connectivity index (χ0) is 17.1. The molecule has 4 nitrogen and oxygen atoms in total. The summed E-state index contributed by atoms with van der Waals surface area (Å²) in [6.07, 6.45) is 0.156. The highest BCUT2D eigenvalue weighted by atomic mass is 35.5.